The van der Waals surface area contributed by atoms with Gasteiger partial charge in [-0.3, -0.25) is 0 Å². The summed E-state index contributed by atoms with van der Waals surface area (Å²) in [6.45, 7) is 0. The molecule has 6 heteroatoms. The number of rotatable bonds is 3. The molecular weight excluding hydrogens is 218 g/mol. The highest BCUT2D eigenvalue weighted by molar-refractivity contribution is 7.92. The molecule has 0 fully saturated rings. The molecule has 82 valence electrons. The van der Waals surface area contributed by atoms with Crippen LogP contribution in [0.2, 0.25) is 0 Å². The Hall–Kier alpha value is -1.40. The zero-order valence-corrected chi connectivity index (χ0v) is 8.90. The summed E-state index contributed by atoms with van der Waals surface area (Å²) in [7, 11) is -2.76. The van der Waals surface area contributed by atoms with Crippen molar-refractivity contribution in [2.24, 2.45) is 5.73 Å². The second-order valence-electron chi connectivity index (χ2n) is 2.80. The highest BCUT2D eigenvalue weighted by Crippen LogP contribution is 2.13. The quantitative estimate of drug-likeness (QED) is 0.732. The van der Waals surface area contributed by atoms with Gasteiger partial charge >= 0.3 is 5.97 Å². The minimum atomic E-state index is -3.85. The Morgan fingerprint density at radius 3 is 2.33 bits per heavy atom. The van der Waals surface area contributed by atoms with E-state index in [1.807, 2.05) is 0 Å². The number of esters is 1. The van der Waals surface area contributed by atoms with Gasteiger partial charge in [-0.15, -0.1) is 0 Å². The number of ether oxygens (including phenoxy) is 1. The Morgan fingerprint density at radius 2 is 1.87 bits per heavy atom. The molecule has 0 radical (unpaired) electrons. The summed E-state index contributed by atoms with van der Waals surface area (Å²) in [5.41, 5.74) is 5.28. The lowest BCUT2D eigenvalue weighted by atomic mass is 10.4. The molecule has 0 aliphatic heterocycles. The van der Waals surface area contributed by atoms with Gasteiger partial charge in [-0.1, -0.05) is 18.2 Å². The zero-order valence-electron chi connectivity index (χ0n) is 8.08. The van der Waals surface area contributed by atoms with Gasteiger partial charge in [0.25, 0.3) is 0 Å². The van der Waals surface area contributed by atoms with Gasteiger partial charge in [0.1, 0.15) is 0 Å². The van der Waals surface area contributed by atoms with E-state index in [0.29, 0.717) is 0 Å². The molecule has 0 aliphatic carbocycles. The van der Waals surface area contributed by atoms with E-state index in [0.717, 1.165) is 7.11 Å². The van der Waals surface area contributed by atoms with Crippen molar-refractivity contribution in [1.82, 2.24) is 0 Å². The third-order valence-corrected chi connectivity index (χ3v) is 3.63. The largest absolute Gasteiger partial charge is 0.467 e. The maximum atomic E-state index is 11.7. The lowest BCUT2D eigenvalue weighted by Crippen LogP contribution is -2.39. The minimum Gasteiger partial charge on any atom is -0.467 e. The first-order valence-corrected chi connectivity index (χ1v) is 5.67. The number of hydrogen-bond acceptors (Lipinski definition) is 5. The smallest absolute Gasteiger partial charge is 0.338 e. The minimum absolute atomic E-state index is 0.00269. The monoisotopic (exact) mass is 229 g/mol. The molecule has 2 N–H and O–H groups in total. The summed E-state index contributed by atoms with van der Waals surface area (Å²) in [6, 6.07) is 7.52. The van der Waals surface area contributed by atoms with Crippen LogP contribution < -0.4 is 5.73 Å². The molecule has 0 saturated heterocycles. The van der Waals surface area contributed by atoms with Crippen molar-refractivity contribution in [3.8, 4) is 0 Å². The van der Waals surface area contributed by atoms with Crippen molar-refractivity contribution in [3.63, 3.8) is 0 Å². The van der Waals surface area contributed by atoms with Crippen LogP contribution in [-0.2, 0) is 19.4 Å². The number of carbonyl (C=O) groups is 1. The summed E-state index contributed by atoms with van der Waals surface area (Å²) >= 11 is 0. The lowest BCUT2D eigenvalue weighted by molar-refractivity contribution is -0.140. The molecule has 5 nitrogen and oxygen atoms in total. The van der Waals surface area contributed by atoms with Crippen molar-refractivity contribution in [2.75, 3.05) is 7.11 Å². The van der Waals surface area contributed by atoms with Crippen LogP contribution in [0.3, 0.4) is 0 Å². The number of hydrogen-bond donors (Lipinski definition) is 1. The third-order valence-electron chi connectivity index (χ3n) is 1.84. The Morgan fingerprint density at radius 1 is 1.33 bits per heavy atom. The summed E-state index contributed by atoms with van der Waals surface area (Å²) in [5, 5.41) is -1.68. The average Bonchev–Trinajstić information content (AvgIpc) is 2.28. The van der Waals surface area contributed by atoms with Crippen LogP contribution in [0, 0.1) is 0 Å². The highest BCUT2D eigenvalue weighted by atomic mass is 32.2. The molecule has 0 aromatic heterocycles. The first-order valence-electron chi connectivity index (χ1n) is 4.12. The Labute approximate surface area is 87.8 Å². The average molecular weight is 229 g/mol. The van der Waals surface area contributed by atoms with Gasteiger partial charge in [0.2, 0.25) is 15.2 Å². The SMILES string of the molecule is COC(=O)C(N)S(=O)(=O)c1ccccc1. The molecule has 1 aromatic rings. The maximum absolute atomic E-state index is 11.7. The van der Waals surface area contributed by atoms with Crippen LogP contribution in [-0.4, -0.2) is 26.9 Å². The van der Waals surface area contributed by atoms with Gasteiger partial charge in [-0.25, -0.2) is 13.2 Å². The molecule has 0 bridgehead atoms. The topological polar surface area (TPSA) is 86.5 Å². The highest BCUT2D eigenvalue weighted by Gasteiger charge is 2.30. The fourth-order valence-electron chi connectivity index (χ4n) is 1.000. The number of methoxy groups -OCH3 is 1. The zero-order chi connectivity index (χ0) is 11.5. The number of benzene rings is 1. The molecule has 1 aromatic carbocycles. The molecule has 1 rings (SSSR count). The van der Waals surface area contributed by atoms with Crippen molar-refractivity contribution in [1.29, 1.82) is 0 Å². The standard InChI is InChI=1S/C9H11NO4S/c1-14-9(11)8(10)15(12,13)7-5-3-2-4-6-7/h2-6,8H,10H2,1H3. The molecule has 15 heavy (non-hydrogen) atoms. The van der Waals surface area contributed by atoms with E-state index in [-0.39, 0.29) is 4.90 Å². The predicted molar refractivity (Wildman–Crippen MR) is 53.6 cm³/mol. The van der Waals surface area contributed by atoms with Crippen LogP contribution in [0.1, 0.15) is 0 Å². The van der Waals surface area contributed by atoms with Crippen LogP contribution in [0.25, 0.3) is 0 Å². The van der Waals surface area contributed by atoms with Crippen LogP contribution in [0.4, 0.5) is 0 Å². The second kappa shape index (κ2) is 4.41. The third kappa shape index (κ3) is 2.34. The Balaban J connectivity index is 3.09. The van der Waals surface area contributed by atoms with E-state index in [9.17, 15) is 13.2 Å². The molecule has 0 amide bonds. The molecule has 0 aliphatic rings. The summed E-state index contributed by atoms with van der Waals surface area (Å²) in [6.07, 6.45) is 0. The fourth-order valence-corrected chi connectivity index (χ4v) is 2.18. The molecule has 0 spiro atoms. The van der Waals surface area contributed by atoms with Gasteiger partial charge in [0.05, 0.1) is 12.0 Å². The summed E-state index contributed by atoms with van der Waals surface area (Å²) in [4.78, 5) is 11.0. The predicted octanol–water partition coefficient (Wildman–Crippen LogP) is -0.0819. The van der Waals surface area contributed by atoms with E-state index >= 15 is 0 Å². The van der Waals surface area contributed by atoms with E-state index in [2.05, 4.69) is 4.74 Å². The normalized spacial score (nSPS) is 13.2. The first-order chi connectivity index (χ1) is 7.00. The first kappa shape index (κ1) is 11.7. The van der Waals surface area contributed by atoms with Crippen molar-refractivity contribution < 1.29 is 17.9 Å². The molecule has 0 saturated carbocycles. The number of nitrogens with two attached hydrogens (primary N) is 1. The van der Waals surface area contributed by atoms with Crippen molar-refractivity contribution >= 4 is 15.8 Å². The van der Waals surface area contributed by atoms with E-state index in [4.69, 9.17) is 5.73 Å². The van der Waals surface area contributed by atoms with Gasteiger partial charge in [-0.2, -0.15) is 0 Å². The molecule has 1 unspecified atom stereocenters. The van der Waals surface area contributed by atoms with E-state index in [1.165, 1.54) is 12.1 Å². The van der Waals surface area contributed by atoms with Crippen molar-refractivity contribution in [3.05, 3.63) is 30.3 Å². The number of carbonyl (C=O) groups excluding carboxylic acids is 1. The van der Waals surface area contributed by atoms with Gasteiger partial charge in [-0.05, 0) is 12.1 Å². The Bertz CT molecular complexity index is 440. The summed E-state index contributed by atoms with van der Waals surface area (Å²) in [5.74, 6) is -0.973. The number of sulfone groups is 1. The van der Waals surface area contributed by atoms with E-state index in [1.54, 1.807) is 18.2 Å². The molecule has 0 heterocycles. The molecular formula is C9H11NO4S. The van der Waals surface area contributed by atoms with Gasteiger partial charge in [0, 0.05) is 0 Å². The van der Waals surface area contributed by atoms with Crippen LogP contribution in [0.5, 0.6) is 0 Å². The molecule has 1 atom stereocenters. The Kier molecular flexibility index (Phi) is 3.43. The van der Waals surface area contributed by atoms with Gasteiger partial charge in [0.15, 0.2) is 0 Å². The lowest BCUT2D eigenvalue weighted by Gasteiger charge is -2.10. The summed E-state index contributed by atoms with van der Waals surface area (Å²) < 4.78 is 27.7. The maximum Gasteiger partial charge on any atom is 0.338 e. The van der Waals surface area contributed by atoms with E-state index < -0.39 is 21.2 Å². The van der Waals surface area contributed by atoms with Crippen LogP contribution >= 0.6 is 0 Å². The van der Waals surface area contributed by atoms with Crippen molar-refractivity contribution in [2.45, 2.75) is 10.3 Å². The van der Waals surface area contributed by atoms with Crippen LogP contribution in [0.15, 0.2) is 35.2 Å². The second-order valence-corrected chi connectivity index (χ2v) is 4.87. The fraction of sp³-hybridized carbons (Fsp3) is 0.222. The van der Waals surface area contributed by atoms with Gasteiger partial charge < -0.3 is 10.5 Å².